The molecule has 0 bridgehead atoms. The Hall–Kier alpha value is -1.88. The predicted octanol–water partition coefficient (Wildman–Crippen LogP) is 2.47. The number of ether oxygens (including phenoxy) is 1. The minimum Gasteiger partial charge on any atom is -0.489 e. The summed E-state index contributed by atoms with van der Waals surface area (Å²) in [4.78, 5) is 10.8. The summed E-state index contributed by atoms with van der Waals surface area (Å²) in [5.74, 6) is 0.558. The van der Waals surface area contributed by atoms with E-state index in [2.05, 4.69) is 17.2 Å². The van der Waals surface area contributed by atoms with Crippen LogP contribution in [0.4, 0.5) is 5.69 Å². The molecule has 96 valence electrons. The highest BCUT2D eigenvalue weighted by Crippen LogP contribution is 2.16. The van der Waals surface area contributed by atoms with E-state index in [9.17, 15) is 4.79 Å². The molecule has 1 amide bonds. The van der Waals surface area contributed by atoms with Crippen molar-refractivity contribution in [3.8, 4) is 5.75 Å². The molecule has 0 atom stereocenters. The summed E-state index contributed by atoms with van der Waals surface area (Å²) >= 11 is 4.94. The molecule has 5 heteroatoms. The third kappa shape index (κ3) is 5.45. The molecule has 2 N–H and O–H groups in total. The minimum atomic E-state index is -0.200. The lowest BCUT2D eigenvalue weighted by molar-refractivity contribution is -0.117. The van der Waals surface area contributed by atoms with Crippen LogP contribution < -0.4 is 15.4 Å². The Balaban J connectivity index is 2.52. The third-order valence-electron chi connectivity index (χ3n) is 1.89. The van der Waals surface area contributed by atoms with Crippen molar-refractivity contribution >= 4 is 28.9 Å². The van der Waals surface area contributed by atoms with Crippen molar-refractivity contribution in [1.82, 2.24) is 5.32 Å². The molecule has 0 aliphatic rings. The molecule has 1 aromatic rings. The molecule has 0 aromatic heterocycles. The highest BCUT2D eigenvalue weighted by Gasteiger charge is 2.00. The van der Waals surface area contributed by atoms with Crippen LogP contribution in [0.3, 0.4) is 0 Å². The maximum absolute atomic E-state index is 10.8. The summed E-state index contributed by atoms with van der Waals surface area (Å²) in [6.45, 7) is 7.57. The third-order valence-corrected chi connectivity index (χ3v) is 2.09. The van der Waals surface area contributed by atoms with Crippen LogP contribution in [0.15, 0.2) is 36.4 Å². The Morgan fingerprint density at radius 3 is 2.44 bits per heavy atom. The molecule has 0 aliphatic heterocycles. The van der Waals surface area contributed by atoms with Gasteiger partial charge in [-0.15, -0.1) is 0 Å². The van der Waals surface area contributed by atoms with Crippen LogP contribution in [0.2, 0.25) is 0 Å². The second-order valence-electron chi connectivity index (χ2n) is 3.91. The molecule has 0 saturated heterocycles. The van der Waals surface area contributed by atoms with E-state index in [0.29, 0.717) is 6.61 Å². The maximum atomic E-state index is 10.8. The van der Waals surface area contributed by atoms with Crippen LogP contribution >= 0.6 is 12.2 Å². The van der Waals surface area contributed by atoms with Crippen molar-refractivity contribution in [2.24, 2.45) is 0 Å². The van der Waals surface area contributed by atoms with E-state index in [0.717, 1.165) is 17.0 Å². The van der Waals surface area contributed by atoms with E-state index < -0.39 is 0 Å². The Labute approximate surface area is 112 Å². The number of thiocarbonyl (C=S) groups is 1. The van der Waals surface area contributed by atoms with Gasteiger partial charge >= 0.3 is 0 Å². The zero-order chi connectivity index (χ0) is 13.5. The van der Waals surface area contributed by atoms with Gasteiger partial charge in [0.05, 0.1) is 0 Å². The highest BCUT2D eigenvalue weighted by molar-refractivity contribution is 7.80. The second kappa shape index (κ2) is 6.76. The van der Waals surface area contributed by atoms with Crippen LogP contribution in [-0.2, 0) is 4.79 Å². The molecule has 0 heterocycles. The minimum absolute atomic E-state index is 0.200. The number of carbonyl (C=O) groups excluding carboxylic acids is 1. The first-order chi connectivity index (χ1) is 8.47. The smallest absolute Gasteiger partial charge is 0.222 e. The molecule has 1 aromatic carbocycles. The molecular weight excluding hydrogens is 248 g/mol. The Morgan fingerprint density at radius 1 is 1.33 bits per heavy atom. The van der Waals surface area contributed by atoms with Crippen LogP contribution in [-0.4, -0.2) is 17.6 Å². The summed E-state index contributed by atoms with van der Waals surface area (Å²) < 4.78 is 5.46. The Kier molecular flexibility index (Phi) is 5.32. The van der Waals surface area contributed by atoms with Gasteiger partial charge in [-0.25, -0.2) is 0 Å². The van der Waals surface area contributed by atoms with E-state index in [4.69, 9.17) is 17.0 Å². The largest absolute Gasteiger partial charge is 0.489 e. The number of amides is 1. The molecule has 0 aliphatic carbocycles. The average molecular weight is 264 g/mol. The van der Waals surface area contributed by atoms with Gasteiger partial charge in [-0.3, -0.25) is 4.79 Å². The summed E-state index contributed by atoms with van der Waals surface area (Å²) in [6, 6.07) is 7.28. The first-order valence-electron chi connectivity index (χ1n) is 5.43. The normalized spacial score (nSPS) is 9.44. The Bertz CT molecular complexity index is 455. The lowest BCUT2D eigenvalue weighted by atomic mass is 10.3. The van der Waals surface area contributed by atoms with Gasteiger partial charge < -0.3 is 15.4 Å². The van der Waals surface area contributed by atoms with E-state index in [1.54, 1.807) is 0 Å². The van der Waals surface area contributed by atoms with Crippen molar-refractivity contribution in [3.63, 3.8) is 0 Å². The van der Waals surface area contributed by atoms with Gasteiger partial charge in [-0.05, 0) is 49.0 Å². The summed E-state index contributed by atoms with van der Waals surface area (Å²) in [6.07, 6.45) is 0. The molecule has 0 radical (unpaired) electrons. The van der Waals surface area contributed by atoms with E-state index in [1.165, 1.54) is 6.92 Å². The first kappa shape index (κ1) is 14.2. The van der Waals surface area contributed by atoms with Gasteiger partial charge in [-0.2, -0.15) is 0 Å². The zero-order valence-corrected chi connectivity index (χ0v) is 11.3. The van der Waals surface area contributed by atoms with Crippen LogP contribution in [0.5, 0.6) is 5.75 Å². The monoisotopic (exact) mass is 264 g/mol. The maximum Gasteiger partial charge on any atom is 0.222 e. The van der Waals surface area contributed by atoms with Crippen molar-refractivity contribution in [1.29, 1.82) is 0 Å². The number of hydrogen-bond acceptors (Lipinski definition) is 3. The summed E-state index contributed by atoms with van der Waals surface area (Å²) in [5.41, 5.74) is 1.75. The van der Waals surface area contributed by atoms with E-state index in [-0.39, 0.29) is 11.0 Å². The van der Waals surface area contributed by atoms with Gasteiger partial charge in [0.1, 0.15) is 12.4 Å². The zero-order valence-electron chi connectivity index (χ0n) is 10.4. The number of nitrogens with one attached hydrogen (secondary N) is 2. The molecule has 0 saturated carbocycles. The van der Waals surface area contributed by atoms with Crippen molar-refractivity contribution in [3.05, 3.63) is 36.4 Å². The number of hydrogen-bond donors (Lipinski definition) is 2. The quantitative estimate of drug-likeness (QED) is 0.648. The number of anilines is 1. The fourth-order valence-electron chi connectivity index (χ4n) is 1.16. The van der Waals surface area contributed by atoms with Crippen molar-refractivity contribution < 1.29 is 9.53 Å². The first-order valence-corrected chi connectivity index (χ1v) is 5.84. The number of rotatable bonds is 4. The van der Waals surface area contributed by atoms with Gasteiger partial charge in [0.25, 0.3) is 0 Å². The molecule has 0 unspecified atom stereocenters. The summed E-state index contributed by atoms with van der Waals surface area (Å²) in [5, 5.41) is 5.65. The molecule has 4 nitrogen and oxygen atoms in total. The van der Waals surface area contributed by atoms with E-state index in [1.807, 2.05) is 31.2 Å². The van der Waals surface area contributed by atoms with Crippen LogP contribution in [0.1, 0.15) is 13.8 Å². The van der Waals surface area contributed by atoms with Gasteiger partial charge in [0.15, 0.2) is 5.11 Å². The van der Waals surface area contributed by atoms with Crippen LogP contribution in [0, 0.1) is 0 Å². The van der Waals surface area contributed by atoms with Gasteiger partial charge in [0, 0.05) is 12.6 Å². The molecule has 0 fully saturated rings. The lowest BCUT2D eigenvalue weighted by Crippen LogP contribution is -2.32. The predicted molar refractivity (Wildman–Crippen MR) is 76.8 cm³/mol. The topological polar surface area (TPSA) is 50.4 Å². The lowest BCUT2D eigenvalue weighted by Gasteiger charge is -2.09. The van der Waals surface area contributed by atoms with E-state index >= 15 is 0 Å². The fourth-order valence-corrected chi connectivity index (χ4v) is 1.42. The van der Waals surface area contributed by atoms with Crippen LogP contribution in [0.25, 0.3) is 0 Å². The molecular formula is C13H16N2O2S. The fraction of sp³-hybridized carbons (Fsp3) is 0.231. The second-order valence-corrected chi connectivity index (χ2v) is 4.31. The molecule has 1 rings (SSSR count). The molecule has 18 heavy (non-hydrogen) atoms. The highest BCUT2D eigenvalue weighted by atomic mass is 32.1. The molecule has 0 spiro atoms. The van der Waals surface area contributed by atoms with Crippen molar-refractivity contribution in [2.45, 2.75) is 13.8 Å². The standard InChI is InChI=1S/C13H16N2O2S/c1-9(2)8-17-12-6-4-11(5-7-12)15-13(18)14-10(3)16/h4-7H,1,8H2,2-3H3,(H2,14,15,16,18). The summed E-state index contributed by atoms with van der Waals surface area (Å²) in [7, 11) is 0. The number of carbonyl (C=O) groups is 1. The van der Waals surface area contributed by atoms with Gasteiger partial charge in [0.2, 0.25) is 5.91 Å². The van der Waals surface area contributed by atoms with Crippen molar-refractivity contribution in [2.75, 3.05) is 11.9 Å². The SMILES string of the molecule is C=C(C)COc1ccc(NC(=S)NC(C)=O)cc1. The van der Waals surface area contributed by atoms with Gasteiger partial charge in [-0.1, -0.05) is 6.58 Å². The average Bonchev–Trinajstić information content (AvgIpc) is 2.26. The Morgan fingerprint density at radius 2 is 1.94 bits per heavy atom. The number of benzene rings is 1.